The Morgan fingerprint density at radius 2 is 1.97 bits per heavy atom. The van der Waals surface area contributed by atoms with Gasteiger partial charge >= 0.3 is 0 Å². The van der Waals surface area contributed by atoms with Crippen molar-refractivity contribution < 1.29 is 14.0 Å². The molecule has 8 heteroatoms. The number of carbonyl (C=O) groups is 2. The maximum atomic E-state index is 13.1. The van der Waals surface area contributed by atoms with Crippen LogP contribution in [-0.2, 0) is 11.2 Å². The molecular formula is C22H22FN5O2. The van der Waals surface area contributed by atoms with E-state index in [1.807, 2.05) is 6.07 Å². The molecule has 0 saturated heterocycles. The topological polar surface area (TPSA) is 113 Å². The van der Waals surface area contributed by atoms with Crippen molar-refractivity contribution in [1.29, 1.82) is 0 Å². The molecule has 4 rings (SSSR count). The summed E-state index contributed by atoms with van der Waals surface area (Å²) >= 11 is 0. The predicted octanol–water partition coefficient (Wildman–Crippen LogP) is 2.72. The Bertz CT molecular complexity index is 1090. The Kier molecular flexibility index (Phi) is 5.22. The summed E-state index contributed by atoms with van der Waals surface area (Å²) in [5.74, 6) is -0.529. The number of nitrogens with two attached hydrogens (primary N) is 1. The van der Waals surface area contributed by atoms with Crippen LogP contribution in [0.2, 0.25) is 0 Å². The molecule has 1 unspecified atom stereocenters. The fourth-order valence-electron chi connectivity index (χ4n) is 3.60. The molecule has 0 radical (unpaired) electrons. The molecule has 1 aliphatic rings. The molecule has 3 aromatic rings. The first-order valence-corrected chi connectivity index (χ1v) is 9.71. The van der Waals surface area contributed by atoms with Gasteiger partial charge in [-0.3, -0.25) is 9.59 Å². The number of nitrogen functional groups attached to an aromatic ring is 1. The number of benzene rings is 1. The third-order valence-corrected chi connectivity index (χ3v) is 5.24. The Morgan fingerprint density at radius 3 is 2.73 bits per heavy atom. The average Bonchev–Trinajstić information content (AvgIpc) is 3.36. The maximum Gasteiger partial charge on any atom is 0.268 e. The Morgan fingerprint density at radius 1 is 1.20 bits per heavy atom. The first kappa shape index (κ1) is 19.6. The summed E-state index contributed by atoms with van der Waals surface area (Å²) < 4.78 is 13.1. The molecule has 0 bridgehead atoms. The highest BCUT2D eigenvalue weighted by atomic mass is 19.1. The van der Waals surface area contributed by atoms with Crippen LogP contribution in [0.5, 0.6) is 0 Å². The number of aromatic amines is 1. The lowest BCUT2D eigenvalue weighted by molar-refractivity contribution is -0.123. The minimum Gasteiger partial charge on any atom is -0.384 e. The van der Waals surface area contributed by atoms with Crippen LogP contribution in [0, 0.1) is 5.82 Å². The van der Waals surface area contributed by atoms with Crippen molar-refractivity contribution in [1.82, 2.24) is 20.6 Å². The number of rotatable bonds is 5. The summed E-state index contributed by atoms with van der Waals surface area (Å²) in [7, 11) is 0. The number of hydrogen-bond donors (Lipinski definition) is 4. The van der Waals surface area contributed by atoms with Gasteiger partial charge in [0.15, 0.2) is 0 Å². The normalized spacial score (nSPS) is 16.0. The van der Waals surface area contributed by atoms with Gasteiger partial charge < -0.3 is 21.4 Å². The molecule has 2 atom stereocenters. The molecule has 1 aliphatic carbocycles. The standard InChI is InChI=1S/C22H22FN5O2/c1-12(21(29)28-18-8-7-17-16(18)6-9-20(24)27-17)26-22(30)19-10-14(11-25-19)13-2-4-15(23)5-3-13/h2-6,9-12,18,25H,7-8H2,1H3,(H2,24,27)(H,26,30)(H,28,29)/t12?,18-/m1/s1. The molecule has 0 aliphatic heterocycles. The number of carbonyl (C=O) groups excluding carboxylic acids is 2. The van der Waals surface area contributed by atoms with Crippen LogP contribution in [0.3, 0.4) is 0 Å². The second-order valence-electron chi connectivity index (χ2n) is 7.38. The van der Waals surface area contributed by atoms with Gasteiger partial charge in [-0.2, -0.15) is 0 Å². The van der Waals surface area contributed by atoms with Gasteiger partial charge in [-0.05, 0) is 60.7 Å². The zero-order valence-corrected chi connectivity index (χ0v) is 16.4. The minimum atomic E-state index is -0.721. The van der Waals surface area contributed by atoms with Gasteiger partial charge in [0.1, 0.15) is 23.4 Å². The van der Waals surface area contributed by atoms with Crippen LogP contribution < -0.4 is 16.4 Å². The highest BCUT2D eigenvalue weighted by molar-refractivity contribution is 5.97. The second-order valence-corrected chi connectivity index (χ2v) is 7.38. The Hall–Kier alpha value is -3.68. The van der Waals surface area contributed by atoms with Gasteiger partial charge in [0.05, 0.1) is 6.04 Å². The smallest absolute Gasteiger partial charge is 0.268 e. The lowest BCUT2D eigenvalue weighted by Gasteiger charge is -2.18. The fraction of sp³-hybridized carbons (Fsp3) is 0.227. The number of amides is 2. The number of pyridine rings is 1. The van der Waals surface area contributed by atoms with Crippen LogP contribution in [0.4, 0.5) is 10.2 Å². The number of nitrogens with one attached hydrogen (secondary N) is 3. The number of anilines is 1. The fourth-order valence-corrected chi connectivity index (χ4v) is 3.60. The molecule has 5 N–H and O–H groups in total. The lowest BCUT2D eigenvalue weighted by atomic mass is 10.1. The van der Waals surface area contributed by atoms with Crippen LogP contribution in [-0.4, -0.2) is 27.8 Å². The number of H-pyrrole nitrogens is 1. The predicted molar refractivity (Wildman–Crippen MR) is 111 cm³/mol. The number of hydrogen-bond acceptors (Lipinski definition) is 4. The molecule has 0 fully saturated rings. The molecular weight excluding hydrogens is 385 g/mol. The Labute approximate surface area is 172 Å². The summed E-state index contributed by atoms with van der Waals surface area (Å²) in [4.78, 5) is 32.3. The average molecular weight is 407 g/mol. The van der Waals surface area contributed by atoms with E-state index in [4.69, 9.17) is 5.73 Å². The van der Waals surface area contributed by atoms with Gasteiger partial charge in [0, 0.05) is 11.9 Å². The van der Waals surface area contributed by atoms with Crippen molar-refractivity contribution in [3.8, 4) is 11.1 Å². The van der Waals surface area contributed by atoms with Crippen LogP contribution in [0.1, 0.15) is 41.1 Å². The largest absolute Gasteiger partial charge is 0.384 e. The van der Waals surface area contributed by atoms with Crippen LogP contribution in [0.15, 0.2) is 48.7 Å². The van der Waals surface area contributed by atoms with E-state index in [0.29, 0.717) is 11.5 Å². The van der Waals surface area contributed by atoms with E-state index in [9.17, 15) is 14.0 Å². The summed E-state index contributed by atoms with van der Waals surface area (Å²) in [6, 6.07) is 10.4. The van der Waals surface area contributed by atoms with Crippen molar-refractivity contribution in [2.45, 2.75) is 31.8 Å². The molecule has 0 spiro atoms. The van der Waals surface area contributed by atoms with E-state index < -0.39 is 11.9 Å². The molecule has 2 heterocycles. The van der Waals surface area contributed by atoms with E-state index in [1.54, 1.807) is 37.4 Å². The van der Waals surface area contributed by atoms with Crippen molar-refractivity contribution >= 4 is 17.6 Å². The highest BCUT2D eigenvalue weighted by Gasteiger charge is 2.27. The van der Waals surface area contributed by atoms with Gasteiger partial charge in [0.2, 0.25) is 5.91 Å². The van der Waals surface area contributed by atoms with Crippen LogP contribution in [0.25, 0.3) is 11.1 Å². The molecule has 154 valence electrons. The highest BCUT2D eigenvalue weighted by Crippen LogP contribution is 2.30. The van der Waals surface area contributed by atoms with Gasteiger partial charge in [0.25, 0.3) is 5.91 Å². The Balaban J connectivity index is 1.37. The summed E-state index contributed by atoms with van der Waals surface area (Å²) in [5.41, 5.74) is 9.44. The summed E-state index contributed by atoms with van der Waals surface area (Å²) in [6.07, 6.45) is 3.16. The lowest BCUT2D eigenvalue weighted by Crippen LogP contribution is -2.45. The number of aryl methyl sites for hydroxylation is 1. The minimum absolute atomic E-state index is 0.143. The van der Waals surface area contributed by atoms with Crippen molar-refractivity contribution in [3.05, 3.63) is 71.4 Å². The molecule has 30 heavy (non-hydrogen) atoms. The molecule has 2 amide bonds. The maximum absolute atomic E-state index is 13.1. The number of nitrogens with zero attached hydrogens (tertiary/aromatic N) is 1. The van der Waals surface area contributed by atoms with E-state index in [-0.39, 0.29) is 17.8 Å². The van der Waals surface area contributed by atoms with E-state index in [2.05, 4.69) is 20.6 Å². The van der Waals surface area contributed by atoms with Gasteiger partial charge in [-0.15, -0.1) is 0 Å². The molecule has 1 aromatic carbocycles. The number of halogens is 1. The van der Waals surface area contributed by atoms with Crippen molar-refractivity contribution in [2.75, 3.05) is 5.73 Å². The summed E-state index contributed by atoms with van der Waals surface area (Å²) in [6.45, 7) is 1.63. The zero-order chi connectivity index (χ0) is 21.3. The third kappa shape index (κ3) is 4.03. The quantitative estimate of drug-likeness (QED) is 0.521. The van der Waals surface area contributed by atoms with Crippen molar-refractivity contribution in [3.63, 3.8) is 0 Å². The van der Waals surface area contributed by atoms with Crippen LogP contribution >= 0.6 is 0 Å². The monoisotopic (exact) mass is 407 g/mol. The zero-order valence-electron chi connectivity index (χ0n) is 16.4. The third-order valence-electron chi connectivity index (χ3n) is 5.24. The van der Waals surface area contributed by atoms with E-state index in [1.165, 1.54) is 12.1 Å². The SMILES string of the molecule is CC(NC(=O)c1cc(-c2ccc(F)cc2)c[nH]1)C(=O)N[C@@H]1CCc2nc(N)ccc21. The number of fused-ring (bicyclic) bond motifs is 1. The van der Waals surface area contributed by atoms with Crippen molar-refractivity contribution in [2.24, 2.45) is 0 Å². The number of aromatic nitrogens is 2. The van der Waals surface area contributed by atoms with E-state index >= 15 is 0 Å². The summed E-state index contributed by atoms with van der Waals surface area (Å²) in [5, 5.41) is 5.67. The van der Waals surface area contributed by atoms with Gasteiger partial charge in [-0.25, -0.2) is 9.37 Å². The first-order valence-electron chi connectivity index (χ1n) is 9.71. The molecule has 2 aromatic heterocycles. The van der Waals surface area contributed by atoms with E-state index in [0.717, 1.165) is 35.2 Å². The van der Waals surface area contributed by atoms with Gasteiger partial charge in [-0.1, -0.05) is 18.2 Å². The molecule has 0 saturated carbocycles. The first-order chi connectivity index (χ1) is 14.4. The molecule has 7 nitrogen and oxygen atoms in total. The second kappa shape index (κ2) is 7.98.